The van der Waals surface area contributed by atoms with E-state index in [2.05, 4.69) is 5.32 Å². The van der Waals surface area contributed by atoms with E-state index in [1.807, 2.05) is 0 Å². The Kier molecular flexibility index (Phi) is 4.20. The topological polar surface area (TPSA) is 55.1 Å². The normalized spacial score (nSPS) is 10.3. The summed E-state index contributed by atoms with van der Waals surface area (Å²) in [5, 5.41) is 2.89. The number of amides is 1. The van der Waals surface area contributed by atoms with Crippen molar-refractivity contribution < 1.29 is 13.6 Å². The van der Waals surface area contributed by atoms with Crippen LogP contribution in [0.3, 0.4) is 0 Å². The molecule has 0 heterocycles. The highest BCUT2D eigenvalue weighted by atomic mass is 35.5. The lowest BCUT2D eigenvalue weighted by atomic mass is 10.1. The van der Waals surface area contributed by atoms with Gasteiger partial charge >= 0.3 is 0 Å². The van der Waals surface area contributed by atoms with E-state index in [-0.39, 0.29) is 23.4 Å². The largest absolute Gasteiger partial charge is 0.398 e. The first-order valence-corrected chi connectivity index (χ1v) is 6.12. The fraction of sp³-hybridized carbons (Fsp3) is 0.0714. The molecule has 6 heteroatoms. The molecule has 0 radical (unpaired) electrons. The highest BCUT2D eigenvalue weighted by molar-refractivity contribution is 6.31. The van der Waals surface area contributed by atoms with Crippen molar-refractivity contribution in [1.82, 2.24) is 5.32 Å². The third kappa shape index (κ3) is 3.24. The Morgan fingerprint density at radius 1 is 1.20 bits per heavy atom. The van der Waals surface area contributed by atoms with Gasteiger partial charge in [0.25, 0.3) is 5.91 Å². The van der Waals surface area contributed by atoms with Gasteiger partial charge in [0.05, 0.1) is 5.56 Å². The predicted molar refractivity (Wildman–Crippen MR) is 73.4 cm³/mol. The van der Waals surface area contributed by atoms with Crippen molar-refractivity contribution in [2.45, 2.75) is 6.54 Å². The van der Waals surface area contributed by atoms with Gasteiger partial charge in [-0.15, -0.1) is 0 Å². The van der Waals surface area contributed by atoms with Gasteiger partial charge in [0.1, 0.15) is 11.6 Å². The van der Waals surface area contributed by atoms with Gasteiger partial charge in [-0.2, -0.15) is 0 Å². The van der Waals surface area contributed by atoms with Crippen LogP contribution in [0.25, 0.3) is 0 Å². The summed E-state index contributed by atoms with van der Waals surface area (Å²) in [6, 6.07) is 7.48. The second-order valence-electron chi connectivity index (χ2n) is 4.15. The molecule has 2 aromatic rings. The molecule has 0 unspecified atom stereocenters. The van der Waals surface area contributed by atoms with Crippen LogP contribution in [0.2, 0.25) is 5.02 Å². The first kappa shape index (κ1) is 14.3. The van der Waals surface area contributed by atoms with E-state index in [1.54, 1.807) is 0 Å². The van der Waals surface area contributed by atoms with Gasteiger partial charge < -0.3 is 11.1 Å². The fourth-order valence-corrected chi connectivity index (χ4v) is 1.87. The van der Waals surface area contributed by atoms with Gasteiger partial charge in [-0.1, -0.05) is 11.6 Å². The number of nitrogen functional groups attached to an aromatic ring is 1. The van der Waals surface area contributed by atoms with Gasteiger partial charge in [-0.3, -0.25) is 4.79 Å². The number of nitrogens with one attached hydrogen (secondary N) is 1. The minimum absolute atomic E-state index is 0.0610. The minimum atomic E-state index is -0.587. The van der Waals surface area contributed by atoms with Crippen molar-refractivity contribution in [3.05, 3.63) is 64.2 Å². The maximum absolute atomic E-state index is 13.4. The molecule has 1 amide bonds. The van der Waals surface area contributed by atoms with Crippen LogP contribution >= 0.6 is 11.6 Å². The van der Waals surface area contributed by atoms with Gasteiger partial charge in [-0.25, -0.2) is 8.78 Å². The molecular weight excluding hydrogens is 286 g/mol. The highest BCUT2D eigenvalue weighted by Crippen LogP contribution is 2.18. The number of rotatable bonds is 3. The summed E-state index contributed by atoms with van der Waals surface area (Å²) in [5.41, 5.74) is 6.17. The Hall–Kier alpha value is -2.14. The van der Waals surface area contributed by atoms with Gasteiger partial charge in [0, 0.05) is 22.8 Å². The van der Waals surface area contributed by atoms with Gasteiger partial charge in [0.15, 0.2) is 0 Å². The molecule has 0 saturated heterocycles. The Morgan fingerprint density at radius 3 is 2.65 bits per heavy atom. The summed E-state index contributed by atoms with van der Waals surface area (Å²) >= 11 is 5.73. The first-order chi connectivity index (χ1) is 9.47. The number of halogens is 3. The molecule has 0 aliphatic rings. The molecule has 0 bridgehead atoms. The van der Waals surface area contributed by atoms with Crippen LogP contribution in [0, 0.1) is 11.6 Å². The third-order valence-electron chi connectivity index (χ3n) is 2.71. The van der Waals surface area contributed by atoms with Crippen LogP contribution in [0.4, 0.5) is 14.5 Å². The molecule has 0 spiro atoms. The maximum atomic E-state index is 13.4. The molecular formula is C14H11ClF2N2O. The molecule has 3 N–H and O–H groups in total. The zero-order chi connectivity index (χ0) is 14.7. The van der Waals surface area contributed by atoms with Crippen LogP contribution in [0.15, 0.2) is 36.4 Å². The maximum Gasteiger partial charge on any atom is 0.253 e. The molecule has 2 rings (SSSR count). The van der Waals surface area contributed by atoms with Crippen molar-refractivity contribution in [3.8, 4) is 0 Å². The monoisotopic (exact) mass is 296 g/mol. The van der Waals surface area contributed by atoms with Gasteiger partial charge in [-0.05, 0) is 36.4 Å². The SMILES string of the molecule is Nc1cc(Cl)ccc1C(=O)NCc1cc(F)ccc1F. The summed E-state index contributed by atoms with van der Waals surface area (Å²) < 4.78 is 26.4. The summed E-state index contributed by atoms with van der Waals surface area (Å²) in [6.45, 7) is -0.134. The molecule has 0 atom stereocenters. The Labute approximate surface area is 119 Å². The standard InChI is InChI=1S/C14H11ClF2N2O/c15-9-1-3-11(13(18)6-9)14(20)19-7-8-5-10(16)2-4-12(8)17/h1-6H,7,18H2,(H,19,20). The Bertz CT molecular complexity index is 662. The summed E-state index contributed by atoms with van der Waals surface area (Å²) in [6.07, 6.45) is 0. The molecule has 0 saturated carbocycles. The molecule has 0 aliphatic carbocycles. The van der Waals surface area contributed by atoms with Crippen molar-refractivity contribution in [2.24, 2.45) is 0 Å². The molecule has 3 nitrogen and oxygen atoms in total. The molecule has 0 aliphatic heterocycles. The Balaban J connectivity index is 2.10. The van der Waals surface area contributed by atoms with Crippen molar-refractivity contribution >= 4 is 23.2 Å². The molecule has 0 fully saturated rings. The average Bonchev–Trinajstić information content (AvgIpc) is 2.39. The number of anilines is 1. The first-order valence-electron chi connectivity index (χ1n) is 5.74. The van der Waals surface area contributed by atoms with E-state index in [0.29, 0.717) is 5.02 Å². The quantitative estimate of drug-likeness (QED) is 0.855. The van der Waals surface area contributed by atoms with Crippen molar-refractivity contribution in [1.29, 1.82) is 0 Å². The zero-order valence-corrected chi connectivity index (χ0v) is 11.0. The molecule has 0 aromatic heterocycles. The number of benzene rings is 2. The van der Waals surface area contributed by atoms with E-state index in [4.69, 9.17) is 17.3 Å². The van der Waals surface area contributed by atoms with Crippen LogP contribution in [0.5, 0.6) is 0 Å². The average molecular weight is 297 g/mol. The van der Waals surface area contributed by atoms with Crippen LogP contribution in [-0.2, 0) is 6.54 Å². The lowest BCUT2D eigenvalue weighted by Crippen LogP contribution is -2.24. The van der Waals surface area contributed by atoms with E-state index < -0.39 is 17.5 Å². The summed E-state index contributed by atoms with van der Waals surface area (Å²) in [4.78, 5) is 11.9. The second kappa shape index (κ2) is 5.88. The van der Waals surface area contributed by atoms with E-state index in [9.17, 15) is 13.6 Å². The van der Waals surface area contributed by atoms with Crippen molar-refractivity contribution in [2.75, 3.05) is 5.73 Å². The van der Waals surface area contributed by atoms with E-state index >= 15 is 0 Å². The lowest BCUT2D eigenvalue weighted by Gasteiger charge is -2.08. The highest BCUT2D eigenvalue weighted by Gasteiger charge is 2.11. The molecule has 104 valence electrons. The second-order valence-corrected chi connectivity index (χ2v) is 4.59. The van der Waals surface area contributed by atoms with E-state index in [1.165, 1.54) is 18.2 Å². The number of carbonyl (C=O) groups excluding carboxylic acids is 1. The van der Waals surface area contributed by atoms with Crippen LogP contribution in [-0.4, -0.2) is 5.91 Å². The van der Waals surface area contributed by atoms with Gasteiger partial charge in [0.2, 0.25) is 0 Å². The van der Waals surface area contributed by atoms with Crippen LogP contribution < -0.4 is 11.1 Å². The summed E-state index contributed by atoms with van der Waals surface area (Å²) in [7, 11) is 0. The lowest BCUT2D eigenvalue weighted by molar-refractivity contribution is 0.0951. The number of carbonyl (C=O) groups is 1. The number of nitrogens with two attached hydrogens (primary N) is 1. The van der Waals surface area contributed by atoms with Crippen LogP contribution in [0.1, 0.15) is 15.9 Å². The number of hydrogen-bond acceptors (Lipinski definition) is 2. The Morgan fingerprint density at radius 2 is 1.95 bits per heavy atom. The van der Waals surface area contributed by atoms with Crippen molar-refractivity contribution in [3.63, 3.8) is 0 Å². The smallest absolute Gasteiger partial charge is 0.253 e. The summed E-state index contributed by atoms with van der Waals surface area (Å²) in [5.74, 6) is -1.64. The zero-order valence-electron chi connectivity index (χ0n) is 10.3. The predicted octanol–water partition coefficient (Wildman–Crippen LogP) is 3.13. The third-order valence-corrected chi connectivity index (χ3v) is 2.94. The minimum Gasteiger partial charge on any atom is -0.398 e. The van der Waals surface area contributed by atoms with E-state index in [0.717, 1.165) is 18.2 Å². The fourth-order valence-electron chi connectivity index (χ4n) is 1.69. The molecule has 2 aromatic carbocycles. The molecule has 20 heavy (non-hydrogen) atoms. The number of hydrogen-bond donors (Lipinski definition) is 2.